The highest BCUT2D eigenvalue weighted by Crippen LogP contribution is 2.28. The summed E-state index contributed by atoms with van der Waals surface area (Å²) in [5.74, 6) is -0.238. The van der Waals surface area contributed by atoms with Gasteiger partial charge in [-0.2, -0.15) is 0 Å². The molecule has 2 aromatic rings. The number of rotatable bonds is 7. The van der Waals surface area contributed by atoms with Crippen LogP contribution in [-0.2, 0) is 10.0 Å². The Bertz CT molecular complexity index is 1020. The second-order valence-electron chi connectivity index (χ2n) is 8.28. The molecule has 2 aliphatic rings. The average Bonchev–Trinajstić information content (AvgIpc) is 3.27. The van der Waals surface area contributed by atoms with Crippen molar-refractivity contribution in [3.05, 3.63) is 48.2 Å². The van der Waals surface area contributed by atoms with Crippen LogP contribution in [0.1, 0.15) is 36.0 Å². The molecular formula is C22H28N4O4S. The van der Waals surface area contributed by atoms with Crippen molar-refractivity contribution in [2.24, 2.45) is 5.92 Å². The van der Waals surface area contributed by atoms with Crippen molar-refractivity contribution >= 4 is 27.5 Å². The number of likely N-dealkylation sites (tertiary alicyclic amines) is 1. The number of piperidine rings is 1. The van der Waals surface area contributed by atoms with Gasteiger partial charge in [0.25, 0.3) is 10.0 Å². The Labute approximate surface area is 182 Å². The summed E-state index contributed by atoms with van der Waals surface area (Å²) in [6, 6.07) is 9.32. The van der Waals surface area contributed by atoms with Gasteiger partial charge < -0.3 is 14.9 Å². The number of carboxylic acid groups (broad SMARTS) is 1. The molecule has 2 fully saturated rings. The number of pyridine rings is 1. The Morgan fingerprint density at radius 3 is 2.58 bits per heavy atom. The molecule has 3 heterocycles. The van der Waals surface area contributed by atoms with Gasteiger partial charge in [-0.05, 0) is 62.9 Å². The van der Waals surface area contributed by atoms with Gasteiger partial charge in [-0.15, -0.1) is 0 Å². The smallest absolute Gasteiger partial charge is 0.339 e. The summed E-state index contributed by atoms with van der Waals surface area (Å²) in [5.41, 5.74) is 0.144. The lowest BCUT2D eigenvalue weighted by molar-refractivity contribution is 0.0697. The van der Waals surface area contributed by atoms with Crippen molar-refractivity contribution < 1.29 is 18.3 Å². The number of anilines is 2. The zero-order valence-corrected chi connectivity index (χ0v) is 18.2. The summed E-state index contributed by atoms with van der Waals surface area (Å²) in [7, 11) is -3.82. The highest BCUT2D eigenvalue weighted by atomic mass is 32.2. The molecule has 2 aliphatic heterocycles. The van der Waals surface area contributed by atoms with Crippen molar-refractivity contribution in [1.29, 1.82) is 0 Å². The first-order valence-corrected chi connectivity index (χ1v) is 12.2. The Morgan fingerprint density at radius 1 is 1.13 bits per heavy atom. The first kappa shape index (κ1) is 21.6. The molecule has 8 nitrogen and oxygen atoms in total. The Balaban J connectivity index is 1.52. The van der Waals surface area contributed by atoms with Crippen LogP contribution in [0.4, 0.5) is 11.5 Å². The Hall–Kier alpha value is -2.65. The van der Waals surface area contributed by atoms with Crippen LogP contribution in [0.3, 0.4) is 0 Å². The van der Waals surface area contributed by atoms with Crippen molar-refractivity contribution in [2.75, 3.05) is 42.3 Å². The SMILES string of the molecule is O=C(O)c1cc(NS(=O)(=O)c2ccccc2)cnc1N1CCCC(CN2CCCC2)C1. The first-order chi connectivity index (χ1) is 14.9. The maximum Gasteiger partial charge on any atom is 0.339 e. The summed E-state index contributed by atoms with van der Waals surface area (Å²) < 4.78 is 27.6. The third kappa shape index (κ3) is 5.16. The predicted octanol–water partition coefficient (Wildman–Crippen LogP) is 2.89. The van der Waals surface area contributed by atoms with Gasteiger partial charge >= 0.3 is 5.97 Å². The molecule has 9 heteroatoms. The molecule has 1 aromatic heterocycles. The van der Waals surface area contributed by atoms with Gasteiger partial charge in [0.1, 0.15) is 11.4 Å². The van der Waals surface area contributed by atoms with Gasteiger partial charge in [0.15, 0.2) is 0 Å². The Morgan fingerprint density at radius 2 is 1.87 bits per heavy atom. The number of carbonyl (C=O) groups is 1. The minimum absolute atomic E-state index is 0.00934. The van der Waals surface area contributed by atoms with Crippen LogP contribution < -0.4 is 9.62 Å². The molecule has 2 saturated heterocycles. The normalized spacial score (nSPS) is 20.0. The number of nitrogens with zero attached hydrogens (tertiary/aromatic N) is 3. The van der Waals surface area contributed by atoms with E-state index in [9.17, 15) is 18.3 Å². The van der Waals surface area contributed by atoms with Crippen LogP contribution in [0.2, 0.25) is 0 Å². The zero-order valence-electron chi connectivity index (χ0n) is 17.4. The van der Waals surface area contributed by atoms with Crippen molar-refractivity contribution in [1.82, 2.24) is 9.88 Å². The summed E-state index contributed by atoms with van der Waals surface area (Å²) in [4.78, 5) is 21.0. The van der Waals surface area contributed by atoms with Crippen molar-refractivity contribution in [2.45, 2.75) is 30.6 Å². The molecule has 2 N–H and O–H groups in total. The molecule has 1 aromatic carbocycles. The van der Waals surface area contributed by atoms with Gasteiger partial charge in [-0.1, -0.05) is 18.2 Å². The van der Waals surface area contributed by atoms with E-state index in [2.05, 4.69) is 14.6 Å². The standard InChI is InChI=1S/C22H28N4O4S/c27-22(28)20-13-18(24-31(29,30)19-8-2-1-3-9-19)14-23-21(20)26-12-6-7-17(16-26)15-25-10-4-5-11-25/h1-3,8-9,13-14,17,24H,4-7,10-12,15-16H2,(H,27,28). The lowest BCUT2D eigenvalue weighted by Crippen LogP contribution is -2.41. The monoisotopic (exact) mass is 444 g/mol. The minimum atomic E-state index is -3.82. The molecule has 1 atom stereocenters. The molecule has 0 aliphatic carbocycles. The molecular weight excluding hydrogens is 416 g/mol. The molecule has 4 rings (SSSR count). The second-order valence-corrected chi connectivity index (χ2v) is 9.96. The van der Waals surface area contributed by atoms with Gasteiger partial charge in [-0.3, -0.25) is 4.72 Å². The number of benzene rings is 1. The number of aromatic carboxylic acids is 1. The van der Waals surface area contributed by atoms with E-state index in [0.29, 0.717) is 11.7 Å². The van der Waals surface area contributed by atoms with E-state index in [-0.39, 0.29) is 16.1 Å². The van der Waals surface area contributed by atoms with Crippen LogP contribution in [-0.4, -0.2) is 62.1 Å². The van der Waals surface area contributed by atoms with Gasteiger partial charge in [0.2, 0.25) is 0 Å². The van der Waals surface area contributed by atoms with Crippen LogP contribution >= 0.6 is 0 Å². The summed E-state index contributed by atoms with van der Waals surface area (Å²) >= 11 is 0. The first-order valence-electron chi connectivity index (χ1n) is 10.7. The third-order valence-electron chi connectivity index (χ3n) is 5.94. The van der Waals surface area contributed by atoms with Crippen molar-refractivity contribution in [3.8, 4) is 0 Å². The van der Waals surface area contributed by atoms with Crippen LogP contribution in [0.15, 0.2) is 47.5 Å². The molecule has 1 unspecified atom stereocenters. The average molecular weight is 445 g/mol. The van der Waals surface area contributed by atoms with E-state index in [1.807, 2.05) is 4.90 Å². The van der Waals surface area contributed by atoms with Gasteiger partial charge in [-0.25, -0.2) is 18.2 Å². The van der Waals surface area contributed by atoms with E-state index < -0.39 is 16.0 Å². The lowest BCUT2D eigenvalue weighted by Gasteiger charge is -2.36. The number of hydrogen-bond donors (Lipinski definition) is 2. The molecule has 0 spiro atoms. The number of sulfonamides is 1. The fourth-order valence-corrected chi connectivity index (χ4v) is 5.53. The van der Waals surface area contributed by atoms with E-state index in [1.165, 1.54) is 37.2 Å². The fraction of sp³-hybridized carbons (Fsp3) is 0.455. The van der Waals surface area contributed by atoms with E-state index in [1.54, 1.807) is 18.2 Å². The Kier molecular flexibility index (Phi) is 6.43. The summed E-state index contributed by atoms with van der Waals surface area (Å²) in [5, 5.41) is 9.78. The molecule has 0 amide bonds. The summed E-state index contributed by atoms with van der Waals surface area (Å²) in [6.07, 6.45) is 6.02. The molecule has 31 heavy (non-hydrogen) atoms. The molecule has 0 bridgehead atoms. The number of hydrogen-bond acceptors (Lipinski definition) is 6. The molecule has 0 saturated carbocycles. The lowest BCUT2D eigenvalue weighted by atomic mass is 9.97. The van der Waals surface area contributed by atoms with Gasteiger partial charge in [0, 0.05) is 19.6 Å². The zero-order chi connectivity index (χ0) is 21.8. The molecule has 166 valence electrons. The topological polar surface area (TPSA) is 103 Å². The predicted molar refractivity (Wildman–Crippen MR) is 119 cm³/mol. The van der Waals surface area contributed by atoms with E-state index in [0.717, 1.165) is 45.6 Å². The van der Waals surface area contributed by atoms with Crippen molar-refractivity contribution in [3.63, 3.8) is 0 Å². The third-order valence-corrected chi connectivity index (χ3v) is 7.33. The largest absolute Gasteiger partial charge is 0.478 e. The minimum Gasteiger partial charge on any atom is -0.478 e. The van der Waals surface area contributed by atoms with Crippen LogP contribution in [0, 0.1) is 5.92 Å². The van der Waals surface area contributed by atoms with Crippen LogP contribution in [0.25, 0.3) is 0 Å². The maximum absolute atomic E-state index is 12.6. The number of aromatic nitrogens is 1. The number of carboxylic acids is 1. The van der Waals surface area contributed by atoms with Gasteiger partial charge in [0.05, 0.1) is 16.8 Å². The van der Waals surface area contributed by atoms with Crippen LogP contribution in [0.5, 0.6) is 0 Å². The fourth-order valence-electron chi connectivity index (χ4n) is 4.47. The van der Waals surface area contributed by atoms with E-state index >= 15 is 0 Å². The molecule has 0 radical (unpaired) electrons. The number of nitrogens with one attached hydrogen (secondary N) is 1. The maximum atomic E-state index is 12.6. The second kappa shape index (κ2) is 9.23. The van der Waals surface area contributed by atoms with E-state index in [4.69, 9.17) is 0 Å². The quantitative estimate of drug-likeness (QED) is 0.677. The highest BCUT2D eigenvalue weighted by molar-refractivity contribution is 7.92. The summed E-state index contributed by atoms with van der Waals surface area (Å²) in [6.45, 7) is 4.84. The highest BCUT2D eigenvalue weighted by Gasteiger charge is 2.27.